The van der Waals surface area contributed by atoms with E-state index in [-0.39, 0.29) is 48.5 Å². The van der Waals surface area contributed by atoms with E-state index in [9.17, 15) is 52.8 Å². The maximum Gasteiger partial charge on any atom is 0.510 e. The number of aliphatic hydroxyl groups excluding tert-OH is 1. The van der Waals surface area contributed by atoms with Gasteiger partial charge in [0.05, 0.1) is 45.0 Å². The van der Waals surface area contributed by atoms with E-state index in [0.717, 1.165) is 35.7 Å². The van der Waals surface area contributed by atoms with Crippen LogP contribution in [0.5, 0.6) is 5.88 Å². The Bertz CT molecular complexity index is 2610. The number of hydrogen-bond donors (Lipinski definition) is 4. The highest BCUT2D eigenvalue weighted by molar-refractivity contribution is 7.48. The second-order valence-corrected chi connectivity index (χ2v) is 21.2. The van der Waals surface area contributed by atoms with E-state index in [4.69, 9.17) is 50.8 Å². The van der Waals surface area contributed by atoms with Gasteiger partial charge in [-0.1, -0.05) is 6.58 Å². The Labute approximate surface area is 465 Å². The SMILES string of the molecule is C=C1NC(=O)C=CN1[C@@H]1O[C@](CF)(COP(=O)(OCOC(=O)OCC)OCOC(=O)OCC)[C@@H](O)[C@@]1(C)O.CCOc1nc(C)nc2c1ncn2[C@@H]1O[C@](F)(COP(=O)(OCOC(=O)OC(C)C)OCOC(=O)OC(C)C)[C@@H](F)[C@@]1(C)O. The van der Waals surface area contributed by atoms with Gasteiger partial charge >= 0.3 is 40.3 Å². The van der Waals surface area contributed by atoms with Crippen LogP contribution in [0.25, 0.3) is 11.2 Å². The molecule has 0 saturated carbocycles. The van der Waals surface area contributed by atoms with E-state index in [2.05, 4.69) is 55.3 Å². The molecule has 2 aromatic rings. The molecule has 38 heteroatoms. The van der Waals surface area contributed by atoms with Crippen molar-refractivity contribution in [3.63, 3.8) is 0 Å². The van der Waals surface area contributed by atoms with Crippen molar-refractivity contribution in [2.75, 3.05) is 66.9 Å². The first-order valence-corrected chi connectivity index (χ1v) is 27.3. The third-order valence-corrected chi connectivity index (χ3v) is 13.3. The largest absolute Gasteiger partial charge is 0.510 e. The first-order valence-electron chi connectivity index (χ1n) is 24.4. The smallest absolute Gasteiger partial charge is 0.476 e. The summed E-state index contributed by atoms with van der Waals surface area (Å²) in [5.41, 5.74) is -6.92. The van der Waals surface area contributed by atoms with Gasteiger partial charge in [0.1, 0.15) is 42.2 Å². The average molecular weight is 1230 g/mol. The molecule has 1 amide bonds. The number of phosphoric ester groups is 2. The Kier molecular flexibility index (Phi) is 24.6. The summed E-state index contributed by atoms with van der Waals surface area (Å²) in [6, 6.07) is 0. The van der Waals surface area contributed by atoms with Gasteiger partial charge in [0.15, 0.2) is 35.4 Å². The number of nitrogens with zero attached hydrogens (tertiary/aromatic N) is 5. The lowest BCUT2D eigenvalue weighted by Gasteiger charge is -2.37. The standard InChI is InChI=1S/C24H35F2N4O13P.C20H30FN2O14P/c1-8-35-18-16-17(28-15(6)29-18)30(10-27-16)20-23(7,33)19(25)24(26,43-20)9-38-44(34,39-11-36-21(31)41-13(2)3)40-12-37-22(32)42-14(4)5;1-5-30-17(26)32-11-35-38(29,36-12-33-18(27)31-6-2)34-10-20(9-21)15(25)19(4,28)16(37-20)23-8-7-14(24)22-13(23)3/h10,13-14,19-20,33H,8-9,11-12H2,1-7H3;7-8,15-16,25,28H,3,5-6,9-12H2,1-2,4H3,(H,22,24)/t19-,20+,23+,24+;15-,16+,19+,20+/m00/s1. The number of aryl methyl sites for hydroxylation is 1. The lowest BCUT2D eigenvalue weighted by Crippen LogP contribution is -2.55. The number of amides is 1. The van der Waals surface area contributed by atoms with Crippen molar-refractivity contribution in [1.29, 1.82) is 0 Å². The minimum Gasteiger partial charge on any atom is -0.476 e. The Hall–Kier alpha value is -6.01. The van der Waals surface area contributed by atoms with E-state index in [1.165, 1.54) is 47.7 Å². The van der Waals surface area contributed by atoms with E-state index >= 15 is 8.78 Å². The number of aliphatic hydroxyl groups is 3. The molecule has 0 bridgehead atoms. The molecule has 82 heavy (non-hydrogen) atoms. The van der Waals surface area contributed by atoms with E-state index in [0.29, 0.717) is 0 Å². The summed E-state index contributed by atoms with van der Waals surface area (Å²) < 4.78 is 156. The summed E-state index contributed by atoms with van der Waals surface area (Å²) in [5.74, 6) is -3.69. The van der Waals surface area contributed by atoms with Crippen LogP contribution in [-0.2, 0) is 88.4 Å². The summed E-state index contributed by atoms with van der Waals surface area (Å²) in [7, 11) is -9.82. The van der Waals surface area contributed by atoms with Gasteiger partial charge in [-0.3, -0.25) is 18.4 Å². The first-order chi connectivity index (χ1) is 38.3. The number of alkyl halides is 3. The fraction of sp³-hybridized carbons (Fsp3) is 0.682. The highest BCUT2D eigenvalue weighted by Crippen LogP contribution is 2.55. The number of ether oxygens (including phenoxy) is 11. The van der Waals surface area contributed by atoms with Gasteiger partial charge in [0, 0.05) is 12.3 Å². The van der Waals surface area contributed by atoms with Crippen LogP contribution in [0, 0.1) is 6.92 Å². The number of hydrogen-bond acceptors (Lipinski definition) is 31. The second kappa shape index (κ2) is 29.5. The number of carbonyl (C=O) groups excluding carboxylic acids is 5. The second-order valence-electron chi connectivity index (χ2n) is 17.8. The fourth-order valence-corrected chi connectivity index (χ4v) is 8.94. The lowest BCUT2D eigenvalue weighted by atomic mass is 9.88. The third-order valence-electron chi connectivity index (χ3n) is 10.7. The normalized spacial score (nSPS) is 25.3. The highest BCUT2D eigenvalue weighted by Gasteiger charge is 2.66. The lowest BCUT2D eigenvalue weighted by molar-refractivity contribution is -0.195. The number of rotatable bonds is 27. The maximum atomic E-state index is 16.0. The molecule has 5 heterocycles. The quantitative estimate of drug-likeness (QED) is 0.0395. The molecular weight excluding hydrogens is 1160 g/mol. The number of halogens is 3. The number of nitrogens with one attached hydrogen (secondary N) is 1. The molecule has 3 aliphatic rings. The summed E-state index contributed by atoms with van der Waals surface area (Å²) >= 11 is 0. The monoisotopic (exact) mass is 1230 g/mol. The molecule has 2 aromatic heterocycles. The number of fused-ring (bicyclic) bond motifs is 1. The zero-order valence-electron chi connectivity index (χ0n) is 45.9. The van der Waals surface area contributed by atoms with Crippen LogP contribution in [0.4, 0.5) is 32.3 Å². The highest BCUT2D eigenvalue weighted by atomic mass is 31.2. The molecule has 4 N–H and O–H groups in total. The minimum absolute atomic E-state index is 0.0332. The molecule has 0 aromatic carbocycles. The molecule has 8 atom stereocenters. The van der Waals surface area contributed by atoms with Crippen LogP contribution in [0.1, 0.15) is 74.4 Å². The summed E-state index contributed by atoms with van der Waals surface area (Å²) in [6.45, 7) is 10.0. The van der Waals surface area contributed by atoms with Gasteiger partial charge in [-0.05, 0) is 69.2 Å². The molecule has 3 aliphatic heterocycles. The topological polar surface area (TPSA) is 396 Å². The first kappa shape index (κ1) is 68.5. The minimum atomic E-state index is -4.99. The van der Waals surface area contributed by atoms with Crippen LogP contribution in [0.3, 0.4) is 0 Å². The molecule has 2 fully saturated rings. The van der Waals surface area contributed by atoms with Gasteiger partial charge < -0.3 is 77.6 Å². The molecule has 0 spiro atoms. The van der Waals surface area contributed by atoms with Gasteiger partial charge in [-0.15, -0.1) is 0 Å². The van der Waals surface area contributed by atoms with Crippen molar-refractivity contribution in [3.05, 3.63) is 36.8 Å². The molecule has 5 rings (SSSR count). The van der Waals surface area contributed by atoms with Crippen molar-refractivity contribution in [2.45, 2.75) is 129 Å². The van der Waals surface area contributed by atoms with Crippen LogP contribution < -0.4 is 10.1 Å². The van der Waals surface area contributed by atoms with Gasteiger partial charge in [0.2, 0.25) is 33.1 Å². The van der Waals surface area contributed by atoms with Crippen LogP contribution in [-0.4, -0.2) is 191 Å². The van der Waals surface area contributed by atoms with Crippen molar-refractivity contribution in [1.82, 2.24) is 29.7 Å². The zero-order valence-corrected chi connectivity index (χ0v) is 47.7. The number of phosphoric acid groups is 2. The number of carbonyl (C=O) groups is 5. The molecule has 0 aliphatic carbocycles. The van der Waals surface area contributed by atoms with Crippen molar-refractivity contribution >= 4 is 57.3 Å². The summed E-state index contributed by atoms with van der Waals surface area (Å²) in [4.78, 5) is 71.2. The molecule has 33 nitrogen and oxygen atoms in total. The Morgan fingerprint density at radius 1 is 0.768 bits per heavy atom. The Morgan fingerprint density at radius 3 is 1.73 bits per heavy atom. The van der Waals surface area contributed by atoms with Gasteiger partial charge in [-0.25, -0.2) is 69.5 Å². The van der Waals surface area contributed by atoms with Crippen molar-refractivity contribution < 1.29 is 141 Å². The van der Waals surface area contributed by atoms with Crippen LogP contribution >= 0.6 is 15.6 Å². The molecule has 0 unspecified atom stereocenters. The summed E-state index contributed by atoms with van der Waals surface area (Å²) in [6.07, 6.45) is -10.6. The van der Waals surface area contributed by atoms with Gasteiger partial charge in [-0.2, -0.15) is 4.98 Å². The molecular formula is C44H65F3N6O27P2. The maximum absolute atomic E-state index is 16.0. The predicted octanol–water partition coefficient (Wildman–Crippen LogP) is 5.01. The number of aromatic nitrogens is 4. The third kappa shape index (κ3) is 18.0. The molecule has 464 valence electrons. The Morgan fingerprint density at radius 2 is 1.27 bits per heavy atom. The van der Waals surface area contributed by atoms with Crippen molar-refractivity contribution in [3.8, 4) is 5.88 Å². The molecule has 0 radical (unpaired) electrons. The van der Waals surface area contributed by atoms with E-state index in [1.54, 1.807) is 13.8 Å². The zero-order chi connectivity index (χ0) is 61.4. The van der Waals surface area contributed by atoms with Crippen LogP contribution in [0.15, 0.2) is 31.0 Å². The van der Waals surface area contributed by atoms with Crippen LogP contribution in [0.2, 0.25) is 0 Å². The number of imidazole rings is 1. The fourth-order valence-electron chi connectivity index (χ4n) is 7.06. The van der Waals surface area contributed by atoms with E-state index < -0.39 is 153 Å². The molecule has 2 saturated heterocycles. The predicted molar refractivity (Wildman–Crippen MR) is 262 cm³/mol. The average Bonchev–Trinajstić information content (AvgIpc) is 3.16. The van der Waals surface area contributed by atoms with Gasteiger partial charge in [0.25, 0.3) is 11.8 Å². The van der Waals surface area contributed by atoms with Crippen molar-refractivity contribution in [2.24, 2.45) is 0 Å². The van der Waals surface area contributed by atoms with E-state index in [1.807, 2.05) is 0 Å². The summed E-state index contributed by atoms with van der Waals surface area (Å²) in [5, 5.41) is 35.2. The Balaban J connectivity index is 0.000000356.